The molecule has 3 aliphatic rings. The van der Waals surface area contributed by atoms with Gasteiger partial charge in [0.05, 0.1) is 52.0 Å². The number of anilines is 1. The molecule has 212 valence electrons. The Morgan fingerprint density at radius 1 is 1.23 bits per heavy atom. The molecule has 2 aliphatic heterocycles. The minimum absolute atomic E-state index is 0.0479. The summed E-state index contributed by atoms with van der Waals surface area (Å²) in [5.74, 6) is -0.692. The number of nitrogens with zero attached hydrogens (tertiary/aromatic N) is 1. The molecular weight excluding hydrogens is 540 g/mol. The molecule has 4 atom stereocenters. The maximum atomic E-state index is 13.2. The Morgan fingerprint density at radius 3 is 2.58 bits per heavy atom. The number of hydrogen-bond acceptors (Lipinski definition) is 12. The number of rotatable bonds is 8. The summed E-state index contributed by atoms with van der Waals surface area (Å²) in [6, 6.07) is 2.94. The predicted molar refractivity (Wildman–Crippen MR) is 144 cm³/mol. The van der Waals surface area contributed by atoms with Crippen molar-refractivity contribution in [3.8, 4) is 17.2 Å². The number of phenolic OH excluding ortho intramolecular Hbond substituents is 1. The first-order valence-corrected chi connectivity index (χ1v) is 13.4. The van der Waals surface area contributed by atoms with Crippen LogP contribution >= 0.6 is 11.3 Å². The van der Waals surface area contributed by atoms with E-state index in [9.17, 15) is 14.7 Å². The fraction of sp³-hybridized carbons (Fsp3) is 0.393. The van der Waals surface area contributed by atoms with Crippen LogP contribution in [-0.2, 0) is 35.0 Å². The number of carbonyl (C=O) groups excluding carboxylic acids is 2. The van der Waals surface area contributed by atoms with Crippen molar-refractivity contribution in [2.24, 2.45) is 11.8 Å². The number of methoxy groups -OCH3 is 3. The second-order valence-corrected chi connectivity index (χ2v) is 10.4. The number of carbonyl (C=O) groups is 2. The zero-order chi connectivity index (χ0) is 28.6. The Hall–Kier alpha value is -4.19. The average Bonchev–Trinajstić information content (AvgIpc) is 3.67. The lowest BCUT2D eigenvalue weighted by atomic mass is 9.64. The minimum atomic E-state index is -0.591. The van der Waals surface area contributed by atoms with Crippen molar-refractivity contribution in [3.63, 3.8) is 0 Å². The first kappa shape index (κ1) is 27.4. The van der Waals surface area contributed by atoms with E-state index in [4.69, 9.17) is 28.4 Å². The van der Waals surface area contributed by atoms with Crippen molar-refractivity contribution in [1.82, 2.24) is 4.98 Å². The lowest BCUT2D eigenvalue weighted by Gasteiger charge is -2.41. The number of allylic oxidation sites excluding steroid dienone is 2. The molecule has 40 heavy (non-hydrogen) atoms. The van der Waals surface area contributed by atoms with Gasteiger partial charge in [-0.1, -0.05) is 6.58 Å². The first-order valence-electron chi connectivity index (χ1n) is 12.5. The van der Waals surface area contributed by atoms with Gasteiger partial charge in [0.15, 0.2) is 22.4 Å². The van der Waals surface area contributed by atoms with Crippen LogP contribution in [0.1, 0.15) is 24.1 Å². The first-order chi connectivity index (χ1) is 19.2. The largest absolute Gasteiger partial charge is 0.502 e. The zero-order valence-electron chi connectivity index (χ0n) is 22.5. The van der Waals surface area contributed by atoms with E-state index in [0.717, 1.165) is 5.57 Å². The van der Waals surface area contributed by atoms with Gasteiger partial charge in [-0.25, -0.2) is 4.98 Å². The number of nitrogens with one attached hydrogen (secondary N) is 1. The zero-order valence-corrected chi connectivity index (χ0v) is 23.3. The van der Waals surface area contributed by atoms with Crippen LogP contribution < -0.4 is 14.8 Å². The fourth-order valence-electron chi connectivity index (χ4n) is 5.38. The molecule has 0 unspecified atom stereocenters. The Bertz CT molecular complexity index is 1390. The minimum Gasteiger partial charge on any atom is -0.502 e. The normalized spacial score (nSPS) is 24.8. The SMILES string of the molecule is C=C1/C(=C\C2=C(C)OCO2)[C@@H](Nc2nc(CC(=O)OC)cs2)[C@H]2COC(=O)[C@@H]2[C@@H]1c1cc(OC)c(O)c(OC)c1. The molecule has 1 aliphatic carbocycles. The molecule has 1 saturated carbocycles. The van der Waals surface area contributed by atoms with Gasteiger partial charge in [0.1, 0.15) is 5.76 Å². The molecule has 1 aromatic heterocycles. The summed E-state index contributed by atoms with van der Waals surface area (Å²) in [7, 11) is 4.22. The summed E-state index contributed by atoms with van der Waals surface area (Å²) < 4.78 is 32.4. The number of ether oxygens (including phenoxy) is 6. The van der Waals surface area contributed by atoms with E-state index in [2.05, 4.69) is 16.9 Å². The van der Waals surface area contributed by atoms with Gasteiger partial charge in [-0.3, -0.25) is 9.59 Å². The van der Waals surface area contributed by atoms with E-state index >= 15 is 0 Å². The lowest BCUT2D eigenvalue weighted by Crippen LogP contribution is -2.44. The van der Waals surface area contributed by atoms with E-state index in [1.165, 1.54) is 32.7 Å². The van der Waals surface area contributed by atoms with Crippen molar-refractivity contribution in [2.75, 3.05) is 40.0 Å². The van der Waals surface area contributed by atoms with Gasteiger partial charge < -0.3 is 38.8 Å². The average molecular weight is 571 g/mol. The number of aromatic nitrogens is 1. The quantitative estimate of drug-likeness (QED) is 0.450. The maximum Gasteiger partial charge on any atom is 0.311 e. The van der Waals surface area contributed by atoms with Gasteiger partial charge in [-0.05, 0) is 41.8 Å². The number of esters is 2. The summed E-state index contributed by atoms with van der Waals surface area (Å²) in [5.41, 5.74) is 2.68. The standard InChI is InChI=1S/C28H30N2O9S/c1-13-17(9-19-14(2)38-12-39-19)25(30-28-29-16(11-40-28)8-22(31)36-5)18-10-37-27(33)24(18)23(13)15-6-20(34-3)26(32)21(7-15)35-4/h6-7,9,11,18,23-25,32H,1,8,10,12H2,2-5H3,(H,29,30)/b17-9+/t18-,23-,24-,25+/m0/s1. The second kappa shape index (κ2) is 11.1. The Labute approximate surface area is 235 Å². The summed E-state index contributed by atoms with van der Waals surface area (Å²) in [5, 5.41) is 16.3. The Morgan fingerprint density at radius 2 is 1.95 bits per heavy atom. The molecule has 3 heterocycles. The lowest BCUT2D eigenvalue weighted by molar-refractivity contribution is -0.142. The number of hydrogen-bond donors (Lipinski definition) is 2. The number of benzene rings is 1. The van der Waals surface area contributed by atoms with E-state index in [1.807, 2.05) is 13.0 Å². The molecule has 2 N–H and O–H groups in total. The van der Waals surface area contributed by atoms with Crippen LogP contribution in [0.15, 0.2) is 52.8 Å². The molecule has 5 rings (SSSR count). The molecule has 0 bridgehead atoms. The molecule has 1 aromatic carbocycles. The molecule has 12 heteroatoms. The molecule has 1 saturated heterocycles. The monoisotopic (exact) mass is 570 g/mol. The van der Waals surface area contributed by atoms with E-state index in [-0.39, 0.29) is 54.9 Å². The van der Waals surface area contributed by atoms with E-state index in [0.29, 0.717) is 33.5 Å². The van der Waals surface area contributed by atoms with Gasteiger partial charge in [-0.15, -0.1) is 11.3 Å². The van der Waals surface area contributed by atoms with Gasteiger partial charge in [-0.2, -0.15) is 0 Å². The smallest absolute Gasteiger partial charge is 0.311 e. The Kier molecular flexibility index (Phi) is 7.61. The highest BCUT2D eigenvalue weighted by molar-refractivity contribution is 7.13. The van der Waals surface area contributed by atoms with Gasteiger partial charge >= 0.3 is 11.9 Å². The van der Waals surface area contributed by atoms with Gasteiger partial charge in [0.2, 0.25) is 12.5 Å². The van der Waals surface area contributed by atoms with Gasteiger partial charge in [0.25, 0.3) is 0 Å². The van der Waals surface area contributed by atoms with Crippen molar-refractivity contribution < 1.29 is 43.1 Å². The number of fused-ring (bicyclic) bond motifs is 1. The van der Waals surface area contributed by atoms with Crippen LogP contribution in [0, 0.1) is 11.8 Å². The Balaban J connectivity index is 1.59. The summed E-state index contributed by atoms with van der Waals surface area (Å²) >= 11 is 1.34. The number of aromatic hydroxyl groups is 1. The van der Waals surface area contributed by atoms with Crippen LogP contribution in [0.3, 0.4) is 0 Å². The molecule has 2 aromatic rings. The van der Waals surface area contributed by atoms with Gasteiger partial charge in [0, 0.05) is 17.2 Å². The van der Waals surface area contributed by atoms with Crippen molar-refractivity contribution in [3.05, 3.63) is 64.1 Å². The topological polar surface area (TPSA) is 135 Å². The maximum absolute atomic E-state index is 13.2. The van der Waals surface area contributed by atoms with Crippen LogP contribution in [0.5, 0.6) is 17.2 Å². The van der Waals surface area contributed by atoms with Crippen LogP contribution in [0.25, 0.3) is 0 Å². The highest BCUT2D eigenvalue weighted by atomic mass is 32.1. The molecule has 11 nitrogen and oxygen atoms in total. The number of thiazole rings is 1. The van der Waals surface area contributed by atoms with Crippen LogP contribution in [0.2, 0.25) is 0 Å². The molecule has 0 amide bonds. The highest BCUT2D eigenvalue weighted by Gasteiger charge is 2.53. The fourth-order valence-corrected chi connectivity index (χ4v) is 6.13. The van der Waals surface area contributed by atoms with E-state index < -0.39 is 17.9 Å². The predicted octanol–water partition coefficient (Wildman–Crippen LogP) is 3.67. The second-order valence-electron chi connectivity index (χ2n) is 9.54. The summed E-state index contributed by atoms with van der Waals surface area (Å²) in [4.78, 5) is 29.5. The molecule has 0 radical (unpaired) electrons. The summed E-state index contributed by atoms with van der Waals surface area (Å²) in [6.45, 7) is 6.52. The number of phenols is 1. The third-order valence-electron chi connectivity index (χ3n) is 7.39. The van der Waals surface area contributed by atoms with Crippen molar-refractivity contribution in [1.29, 1.82) is 0 Å². The summed E-state index contributed by atoms with van der Waals surface area (Å²) in [6.07, 6.45) is 1.92. The van der Waals surface area contributed by atoms with Crippen molar-refractivity contribution >= 4 is 28.4 Å². The van der Waals surface area contributed by atoms with Crippen LogP contribution in [0.4, 0.5) is 5.13 Å². The van der Waals surface area contributed by atoms with E-state index in [1.54, 1.807) is 17.5 Å². The highest BCUT2D eigenvalue weighted by Crippen LogP contribution is 2.53. The number of cyclic esters (lactones) is 1. The molecule has 2 fully saturated rings. The third-order valence-corrected chi connectivity index (χ3v) is 8.21. The molecule has 0 spiro atoms. The van der Waals surface area contributed by atoms with Crippen molar-refractivity contribution in [2.45, 2.75) is 25.3 Å². The third kappa shape index (κ3) is 4.94. The molecular formula is C28H30N2O9S. The van der Waals surface area contributed by atoms with Crippen LogP contribution in [-0.4, -0.2) is 62.8 Å².